The standard InChI is InChI=1S/C15H14N2O3/c1-11(18)20-14-9-7-13(8-10-14)17-15(19)16-12-5-3-2-4-6-12/h2-10H,1H3,(H2,16,17,19). The molecule has 5 heteroatoms. The van der Waals surface area contributed by atoms with Crippen LogP contribution in [0.3, 0.4) is 0 Å². The number of hydrogen-bond acceptors (Lipinski definition) is 3. The van der Waals surface area contributed by atoms with Crippen molar-refractivity contribution in [2.45, 2.75) is 6.92 Å². The first-order valence-corrected chi connectivity index (χ1v) is 6.05. The zero-order valence-electron chi connectivity index (χ0n) is 10.9. The molecule has 0 fully saturated rings. The van der Waals surface area contributed by atoms with Gasteiger partial charge in [-0.3, -0.25) is 4.79 Å². The summed E-state index contributed by atoms with van der Waals surface area (Å²) in [6.07, 6.45) is 0. The number of rotatable bonds is 3. The van der Waals surface area contributed by atoms with Gasteiger partial charge in [0.25, 0.3) is 0 Å². The Kier molecular flexibility index (Phi) is 4.34. The van der Waals surface area contributed by atoms with E-state index in [1.807, 2.05) is 18.2 Å². The number of para-hydroxylation sites is 1. The number of urea groups is 1. The van der Waals surface area contributed by atoms with E-state index in [4.69, 9.17) is 4.74 Å². The first-order valence-electron chi connectivity index (χ1n) is 6.05. The molecule has 0 aliphatic carbocycles. The summed E-state index contributed by atoms with van der Waals surface area (Å²) in [4.78, 5) is 22.5. The molecule has 0 bridgehead atoms. The number of benzene rings is 2. The van der Waals surface area contributed by atoms with Crippen molar-refractivity contribution in [3.05, 3.63) is 54.6 Å². The monoisotopic (exact) mass is 270 g/mol. The molecule has 0 unspecified atom stereocenters. The lowest BCUT2D eigenvalue weighted by Gasteiger charge is -2.08. The normalized spacial score (nSPS) is 9.65. The Balaban J connectivity index is 1.93. The lowest BCUT2D eigenvalue weighted by molar-refractivity contribution is -0.131. The fourth-order valence-electron chi connectivity index (χ4n) is 1.59. The van der Waals surface area contributed by atoms with Crippen LogP contribution in [0.4, 0.5) is 16.2 Å². The summed E-state index contributed by atoms with van der Waals surface area (Å²) in [7, 11) is 0. The molecule has 0 aromatic heterocycles. The number of anilines is 2. The second-order valence-corrected chi connectivity index (χ2v) is 4.06. The molecular weight excluding hydrogens is 256 g/mol. The van der Waals surface area contributed by atoms with E-state index < -0.39 is 0 Å². The highest BCUT2D eigenvalue weighted by molar-refractivity contribution is 5.99. The first kappa shape index (κ1) is 13.6. The Hall–Kier alpha value is -2.82. The summed E-state index contributed by atoms with van der Waals surface area (Å²) < 4.78 is 4.90. The lowest BCUT2D eigenvalue weighted by atomic mass is 10.3. The molecule has 0 radical (unpaired) electrons. The summed E-state index contributed by atoms with van der Waals surface area (Å²) in [5, 5.41) is 5.38. The molecule has 2 aromatic rings. The topological polar surface area (TPSA) is 67.4 Å². The van der Waals surface area contributed by atoms with Gasteiger partial charge >= 0.3 is 12.0 Å². The molecule has 0 heterocycles. The van der Waals surface area contributed by atoms with Crippen molar-refractivity contribution in [1.82, 2.24) is 0 Å². The molecule has 2 amide bonds. The van der Waals surface area contributed by atoms with Crippen LogP contribution in [-0.2, 0) is 4.79 Å². The van der Waals surface area contributed by atoms with Crippen LogP contribution in [-0.4, -0.2) is 12.0 Å². The van der Waals surface area contributed by atoms with Gasteiger partial charge < -0.3 is 15.4 Å². The van der Waals surface area contributed by atoms with Gasteiger partial charge in [-0.1, -0.05) is 18.2 Å². The summed E-state index contributed by atoms with van der Waals surface area (Å²) in [6, 6.07) is 15.3. The maximum absolute atomic E-state index is 11.7. The molecule has 0 saturated carbocycles. The van der Waals surface area contributed by atoms with E-state index in [1.165, 1.54) is 6.92 Å². The zero-order chi connectivity index (χ0) is 14.4. The van der Waals surface area contributed by atoms with Crippen molar-refractivity contribution in [1.29, 1.82) is 0 Å². The van der Waals surface area contributed by atoms with Gasteiger partial charge in [-0.15, -0.1) is 0 Å². The predicted octanol–water partition coefficient (Wildman–Crippen LogP) is 3.26. The zero-order valence-corrected chi connectivity index (χ0v) is 10.9. The highest BCUT2D eigenvalue weighted by atomic mass is 16.5. The molecule has 2 rings (SSSR count). The van der Waals surface area contributed by atoms with Crippen molar-refractivity contribution in [3.63, 3.8) is 0 Å². The Morgan fingerprint density at radius 2 is 1.40 bits per heavy atom. The van der Waals surface area contributed by atoms with Gasteiger partial charge in [0.2, 0.25) is 0 Å². The van der Waals surface area contributed by atoms with E-state index in [-0.39, 0.29) is 12.0 Å². The molecule has 0 aliphatic rings. The summed E-state index contributed by atoms with van der Waals surface area (Å²) >= 11 is 0. The minimum Gasteiger partial charge on any atom is -0.427 e. The first-order chi connectivity index (χ1) is 9.63. The van der Waals surface area contributed by atoms with Crippen LogP contribution in [0.15, 0.2) is 54.6 Å². The largest absolute Gasteiger partial charge is 0.427 e. The van der Waals surface area contributed by atoms with Gasteiger partial charge in [0.15, 0.2) is 0 Å². The molecule has 5 nitrogen and oxygen atoms in total. The van der Waals surface area contributed by atoms with Crippen molar-refractivity contribution < 1.29 is 14.3 Å². The summed E-state index contributed by atoms with van der Waals surface area (Å²) in [5.41, 5.74) is 1.32. The average Bonchev–Trinajstić information content (AvgIpc) is 2.41. The van der Waals surface area contributed by atoms with Gasteiger partial charge in [-0.2, -0.15) is 0 Å². The summed E-state index contributed by atoms with van der Waals surface area (Å²) in [6.45, 7) is 1.33. The van der Waals surface area contributed by atoms with Crippen LogP contribution in [0.1, 0.15) is 6.92 Å². The summed E-state index contributed by atoms with van der Waals surface area (Å²) in [5.74, 6) is 0.0547. The Labute approximate surface area is 116 Å². The molecule has 0 spiro atoms. The van der Waals surface area contributed by atoms with E-state index in [9.17, 15) is 9.59 Å². The van der Waals surface area contributed by atoms with Gasteiger partial charge in [0.1, 0.15) is 5.75 Å². The van der Waals surface area contributed by atoms with E-state index in [1.54, 1.807) is 36.4 Å². The van der Waals surface area contributed by atoms with E-state index in [2.05, 4.69) is 10.6 Å². The van der Waals surface area contributed by atoms with Crippen LogP contribution in [0.2, 0.25) is 0 Å². The third-order valence-corrected chi connectivity index (χ3v) is 2.41. The minimum absolute atomic E-state index is 0.337. The Morgan fingerprint density at radius 3 is 1.95 bits per heavy atom. The van der Waals surface area contributed by atoms with Crippen molar-refractivity contribution in [3.8, 4) is 5.75 Å². The number of esters is 1. The third kappa shape index (κ3) is 4.13. The Morgan fingerprint density at radius 1 is 0.850 bits per heavy atom. The van der Waals surface area contributed by atoms with Gasteiger partial charge in [0, 0.05) is 18.3 Å². The van der Waals surface area contributed by atoms with Crippen LogP contribution in [0, 0.1) is 0 Å². The number of ether oxygens (including phenoxy) is 1. The highest BCUT2D eigenvalue weighted by Crippen LogP contribution is 2.16. The molecule has 0 aliphatic heterocycles. The highest BCUT2D eigenvalue weighted by Gasteiger charge is 2.03. The van der Waals surface area contributed by atoms with Gasteiger partial charge in [-0.25, -0.2) is 4.79 Å². The van der Waals surface area contributed by atoms with Gasteiger partial charge in [0.05, 0.1) is 0 Å². The second-order valence-electron chi connectivity index (χ2n) is 4.06. The second kappa shape index (κ2) is 6.38. The maximum Gasteiger partial charge on any atom is 0.323 e. The number of nitrogens with one attached hydrogen (secondary N) is 2. The van der Waals surface area contributed by atoms with Crippen molar-refractivity contribution in [2.75, 3.05) is 10.6 Å². The lowest BCUT2D eigenvalue weighted by Crippen LogP contribution is -2.19. The minimum atomic E-state index is -0.382. The average molecular weight is 270 g/mol. The predicted molar refractivity (Wildman–Crippen MR) is 76.8 cm³/mol. The number of carbonyl (C=O) groups is 2. The van der Waals surface area contributed by atoms with Gasteiger partial charge in [-0.05, 0) is 36.4 Å². The van der Waals surface area contributed by atoms with Crippen LogP contribution in [0.25, 0.3) is 0 Å². The number of carbonyl (C=O) groups excluding carboxylic acids is 2. The van der Waals surface area contributed by atoms with E-state index in [0.29, 0.717) is 17.1 Å². The molecule has 2 N–H and O–H groups in total. The number of amides is 2. The van der Waals surface area contributed by atoms with Crippen LogP contribution < -0.4 is 15.4 Å². The van der Waals surface area contributed by atoms with Crippen LogP contribution in [0.5, 0.6) is 5.75 Å². The van der Waals surface area contributed by atoms with Crippen molar-refractivity contribution in [2.24, 2.45) is 0 Å². The molecule has 0 atom stereocenters. The molecule has 2 aromatic carbocycles. The van der Waals surface area contributed by atoms with E-state index >= 15 is 0 Å². The molecular formula is C15H14N2O3. The third-order valence-electron chi connectivity index (χ3n) is 2.41. The van der Waals surface area contributed by atoms with Crippen LogP contribution >= 0.6 is 0 Å². The quantitative estimate of drug-likeness (QED) is 0.664. The SMILES string of the molecule is CC(=O)Oc1ccc(NC(=O)Nc2ccccc2)cc1. The fraction of sp³-hybridized carbons (Fsp3) is 0.0667. The fourth-order valence-corrected chi connectivity index (χ4v) is 1.59. The van der Waals surface area contributed by atoms with E-state index in [0.717, 1.165) is 0 Å². The Bertz CT molecular complexity index is 594. The number of hydrogen-bond donors (Lipinski definition) is 2. The molecule has 20 heavy (non-hydrogen) atoms. The molecule has 102 valence electrons. The smallest absolute Gasteiger partial charge is 0.323 e. The maximum atomic E-state index is 11.7. The van der Waals surface area contributed by atoms with Crippen molar-refractivity contribution >= 4 is 23.4 Å². The molecule has 0 saturated heterocycles.